The Morgan fingerprint density at radius 1 is 1.22 bits per heavy atom. The number of ether oxygens (including phenoxy) is 1. The second-order valence-electron chi connectivity index (χ2n) is 8.67. The van der Waals surface area contributed by atoms with E-state index in [1.54, 1.807) is 41.6 Å². The molecule has 0 bridgehead atoms. The highest BCUT2D eigenvalue weighted by Crippen LogP contribution is 2.39. The number of likely N-dealkylation sites (tertiary alicyclic amines) is 1. The number of amides is 1. The maximum Gasteiger partial charge on any atom is 0.295 e. The van der Waals surface area contributed by atoms with Crippen molar-refractivity contribution in [3.05, 3.63) is 65.0 Å². The molecule has 0 saturated carbocycles. The normalized spacial score (nSPS) is 17.9. The summed E-state index contributed by atoms with van der Waals surface area (Å²) in [4.78, 5) is 31.6. The minimum absolute atomic E-state index is 0.106. The van der Waals surface area contributed by atoms with Crippen LogP contribution in [-0.4, -0.2) is 39.8 Å². The van der Waals surface area contributed by atoms with E-state index in [0.717, 1.165) is 30.6 Å². The molecule has 1 atom stereocenters. The molecule has 6 heteroatoms. The number of aliphatic hydroxyl groups is 1. The van der Waals surface area contributed by atoms with Crippen molar-refractivity contribution in [3.8, 4) is 5.75 Å². The number of hydrogen-bond acceptors (Lipinski definition) is 5. The first-order chi connectivity index (χ1) is 15.3. The zero-order valence-corrected chi connectivity index (χ0v) is 19.3. The van der Waals surface area contributed by atoms with Crippen LogP contribution < -0.4 is 4.74 Å². The molecule has 1 saturated heterocycles. The van der Waals surface area contributed by atoms with Crippen LogP contribution in [0.5, 0.6) is 5.75 Å². The predicted octanol–water partition coefficient (Wildman–Crippen LogP) is 5.04. The van der Waals surface area contributed by atoms with Crippen molar-refractivity contribution in [2.45, 2.75) is 53.0 Å². The van der Waals surface area contributed by atoms with Crippen molar-refractivity contribution in [2.24, 2.45) is 5.92 Å². The van der Waals surface area contributed by atoms with Crippen molar-refractivity contribution in [3.63, 3.8) is 0 Å². The van der Waals surface area contributed by atoms with Crippen molar-refractivity contribution >= 4 is 17.4 Å². The lowest BCUT2D eigenvalue weighted by Gasteiger charge is -2.25. The van der Waals surface area contributed by atoms with Crippen molar-refractivity contribution in [1.82, 2.24) is 9.88 Å². The van der Waals surface area contributed by atoms with Crippen LogP contribution in [0.2, 0.25) is 0 Å². The molecule has 1 fully saturated rings. The molecule has 0 aliphatic carbocycles. The quantitative estimate of drug-likeness (QED) is 0.258. The SMILES string of the molecule is CCCCCN1C(=O)C(=O)/C(=C(\O)c2ccc(OCC(C)C)c(C)c2)C1c1cccnc1. The van der Waals surface area contributed by atoms with Gasteiger partial charge in [0.1, 0.15) is 11.5 Å². The molecule has 1 aromatic heterocycles. The lowest BCUT2D eigenvalue weighted by molar-refractivity contribution is -0.139. The third-order valence-corrected chi connectivity index (χ3v) is 5.56. The number of nitrogens with zero attached hydrogens (tertiary/aromatic N) is 2. The van der Waals surface area contributed by atoms with Gasteiger partial charge < -0.3 is 14.7 Å². The van der Waals surface area contributed by atoms with E-state index in [0.29, 0.717) is 30.2 Å². The number of aliphatic hydroxyl groups excluding tert-OH is 1. The Morgan fingerprint density at radius 2 is 2.00 bits per heavy atom. The van der Waals surface area contributed by atoms with Gasteiger partial charge in [-0.05, 0) is 54.7 Å². The number of aryl methyl sites for hydroxylation is 1. The minimum Gasteiger partial charge on any atom is -0.507 e. The number of benzene rings is 1. The number of carbonyl (C=O) groups excluding carboxylic acids is 2. The molecule has 1 aliphatic rings. The fraction of sp³-hybridized carbons (Fsp3) is 0.423. The number of ketones is 1. The Bertz CT molecular complexity index is 998. The Morgan fingerprint density at radius 3 is 2.62 bits per heavy atom. The van der Waals surface area contributed by atoms with Crippen LogP contribution in [-0.2, 0) is 9.59 Å². The summed E-state index contributed by atoms with van der Waals surface area (Å²) in [5.74, 6) is -0.283. The van der Waals surface area contributed by atoms with Gasteiger partial charge >= 0.3 is 0 Å². The maximum atomic E-state index is 13.0. The highest BCUT2D eigenvalue weighted by atomic mass is 16.5. The molecule has 170 valence electrons. The second kappa shape index (κ2) is 10.4. The average molecular weight is 437 g/mol. The van der Waals surface area contributed by atoms with Gasteiger partial charge in [0.25, 0.3) is 11.7 Å². The van der Waals surface area contributed by atoms with Crippen LogP contribution in [0.4, 0.5) is 0 Å². The van der Waals surface area contributed by atoms with E-state index < -0.39 is 17.7 Å². The molecule has 2 heterocycles. The number of unbranched alkanes of at least 4 members (excludes halogenated alkanes) is 2. The second-order valence-corrected chi connectivity index (χ2v) is 8.67. The molecule has 0 radical (unpaired) electrons. The maximum absolute atomic E-state index is 13.0. The number of hydrogen-bond donors (Lipinski definition) is 1. The predicted molar refractivity (Wildman–Crippen MR) is 124 cm³/mol. The summed E-state index contributed by atoms with van der Waals surface area (Å²) in [6.07, 6.45) is 6.05. The van der Waals surface area contributed by atoms with Crippen LogP contribution in [0, 0.1) is 12.8 Å². The lowest BCUT2D eigenvalue weighted by Crippen LogP contribution is -2.30. The molecular weight excluding hydrogens is 404 g/mol. The minimum atomic E-state index is -0.661. The highest BCUT2D eigenvalue weighted by molar-refractivity contribution is 6.46. The van der Waals surface area contributed by atoms with Gasteiger partial charge in [0.15, 0.2) is 0 Å². The van der Waals surface area contributed by atoms with Gasteiger partial charge in [0.2, 0.25) is 0 Å². The van der Waals surface area contributed by atoms with Gasteiger partial charge in [-0.25, -0.2) is 0 Å². The standard InChI is InChI=1S/C26H32N2O4/c1-5-6-7-13-28-23(20-9-8-12-27-15-20)22(25(30)26(28)31)24(29)19-10-11-21(18(4)14-19)32-16-17(2)3/h8-12,14-15,17,23,29H,5-7,13,16H2,1-4H3/b24-22-. The molecule has 1 aromatic carbocycles. The summed E-state index contributed by atoms with van der Waals surface area (Å²) in [7, 11) is 0. The number of rotatable bonds is 9. The van der Waals surface area contributed by atoms with E-state index in [9.17, 15) is 14.7 Å². The van der Waals surface area contributed by atoms with Gasteiger partial charge in [-0.3, -0.25) is 14.6 Å². The van der Waals surface area contributed by atoms with Crippen LogP contribution in [0.1, 0.15) is 62.8 Å². The zero-order valence-electron chi connectivity index (χ0n) is 19.3. The Labute approximate surface area is 189 Å². The molecule has 1 N–H and O–H groups in total. The van der Waals surface area contributed by atoms with Gasteiger partial charge in [0.05, 0.1) is 18.2 Å². The summed E-state index contributed by atoms with van der Waals surface area (Å²) >= 11 is 0. The molecule has 0 spiro atoms. The highest BCUT2D eigenvalue weighted by Gasteiger charge is 2.45. The summed E-state index contributed by atoms with van der Waals surface area (Å²) in [6, 6.07) is 8.25. The fourth-order valence-electron chi connectivity index (χ4n) is 3.90. The number of Topliss-reactive ketones (excluding diaryl/α,β-unsaturated/α-hetero) is 1. The van der Waals surface area contributed by atoms with E-state index in [1.165, 1.54) is 0 Å². The van der Waals surface area contributed by atoms with Gasteiger partial charge in [-0.1, -0.05) is 39.7 Å². The van der Waals surface area contributed by atoms with Gasteiger partial charge in [-0.2, -0.15) is 0 Å². The van der Waals surface area contributed by atoms with Crippen LogP contribution in [0.3, 0.4) is 0 Å². The lowest BCUT2D eigenvalue weighted by atomic mass is 9.95. The number of carbonyl (C=O) groups is 2. The van der Waals surface area contributed by atoms with E-state index in [2.05, 4.69) is 25.8 Å². The molecule has 1 aliphatic heterocycles. The van der Waals surface area contributed by atoms with Crippen LogP contribution in [0.15, 0.2) is 48.3 Å². The molecule has 1 unspecified atom stereocenters. The molecule has 6 nitrogen and oxygen atoms in total. The Balaban J connectivity index is 2.03. The zero-order chi connectivity index (χ0) is 23.3. The molecule has 2 aromatic rings. The Kier molecular flexibility index (Phi) is 7.67. The van der Waals surface area contributed by atoms with E-state index in [1.807, 2.05) is 13.0 Å². The van der Waals surface area contributed by atoms with Crippen molar-refractivity contribution in [1.29, 1.82) is 0 Å². The van der Waals surface area contributed by atoms with E-state index in [-0.39, 0.29) is 11.3 Å². The molecular formula is C26H32N2O4. The fourth-order valence-corrected chi connectivity index (χ4v) is 3.90. The number of pyridine rings is 1. The van der Waals surface area contributed by atoms with Gasteiger partial charge in [0, 0.05) is 24.5 Å². The number of aromatic nitrogens is 1. The molecule has 1 amide bonds. The first-order valence-corrected chi connectivity index (χ1v) is 11.3. The van der Waals surface area contributed by atoms with Gasteiger partial charge in [-0.15, -0.1) is 0 Å². The van der Waals surface area contributed by atoms with Crippen molar-refractivity contribution < 1.29 is 19.4 Å². The first kappa shape index (κ1) is 23.5. The monoisotopic (exact) mass is 436 g/mol. The summed E-state index contributed by atoms with van der Waals surface area (Å²) in [5.41, 5.74) is 2.15. The summed E-state index contributed by atoms with van der Waals surface area (Å²) < 4.78 is 5.82. The average Bonchev–Trinajstić information content (AvgIpc) is 3.03. The Hall–Kier alpha value is -3.15. The first-order valence-electron chi connectivity index (χ1n) is 11.3. The third-order valence-electron chi connectivity index (χ3n) is 5.56. The topological polar surface area (TPSA) is 79.7 Å². The van der Waals surface area contributed by atoms with Crippen LogP contribution >= 0.6 is 0 Å². The van der Waals surface area contributed by atoms with E-state index >= 15 is 0 Å². The molecule has 32 heavy (non-hydrogen) atoms. The summed E-state index contributed by atoms with van der Waals surface area (Å²) in [5, 5.41) is 11.2. The third kappa shape index (κ3) is 5.01. The van der Waals surface area contributed by atoms with Crippen molar-refractivity contribution in [2.75, 3.05) is 13.2 Å². The van der Waals surface area contributed by atoms with Crippen LogP contribution in [0.25, 0.3) is 5.76 Å². The summed E-state index contributed by atoms with van der Waals surface area (Å²) in [6.45, 7) is 9.19. The molecule has 3 rings (SSSR count). The smallest absolute Gasteiger partial charge is 0.295 e. The largest absolute Gasteiger partial charge is 0.507 e. The van der Waals surface area contributed by atoms with E-state index in [4.69, 9.17) is 4.74 Å².